The zero-order chi connectivity index (χ0) is 14.3. The molecule has 0 aliphatic carbocycles. The first-order valence-electron chi connectivity index (χ1n) is 7.82. The maximum atomic E-state index is 10.1. The van der Waals surface area contributed by atoms with Gasteiger partial charge >= 0.3 is 5.97 Å². The van der Waals surface area contributed by atoms with E-state index in [4.69, 9.17) is 10.3 Å². The second kappa shape index (κ2) is 16.4. The number of rotatable bonds is 8. The van der Waals surface area contributed by atoms with Crippen molar-refractivity contribution in [1.82, 2.24) is 5.06 Å². The van der Waals surface area contributed by atoms with Gasteiger partial charge in [0.05, 0.1) is 0 Å². The third-order valence-electron chi connectivity index (χ3n) is 3.33. The van der Waals surface area contributed by atoms with Gasteiger partial charge in [0.15, 0.2) is 0 Å². The molecule has 0 spiro atoms. The number of unbranched alkanes of at least 4 members (excludes halogenated alkanes) is 6. The molecular weight excluding hydrogens is 261 g/mol. The summed E-state index contributed by atoms with van der Waals surface area (Å²) in [6.45, 7) is 3.95. The Morgan fingerprint density at radius 2 is 1.45 bits per heavy atom. The molecule has 0 unspecified atom stereocenters. The number of hydroxylamine groups is 2. The van der Waals surface area contributed by atoms with E-state index in [9.17, 15) is 4.79 Å². The smallest absolute Gasteiger partial charge is 0.303 e. The van der Waals surface area contributed by atoms with Gasteiger partial charge in [-0.05, 0) is 19.3 Å². The van der Waals surface area contributed by atoms with Gasteiger partial charge in [0.2, 0.25) is 0 Å². The minimum absolute atomic E-state index is 0. The minimum Gasteiger partial charge on any atom is -0.481 e. The molecule has 20 heavy (non-hydrogen) atoms. The van der Waals surface area contributed by atoms with Crippen molar-refractivity contribution in [3.05, 3.63) is 0 Å². The standard InChI is InChI=1S/C10H20O2.C5H11NO.FH/c1-2-3-4-5-6-7-8-9-10(11)12;7-6-4-2-1-3-5-6;/h2-9H2,1H3,(H,11,12);7H,1-5H2;1H. The molecule has 0 radical (unpaired) electrons. The molecule has 5 heteroatoms. The lowest BCUT2D eigenvalue weighted by molar-refractivity contribution is -0.137. The van der Waals surface area contributed by atoms with Crippen molar-refractivity contribution in [3.63, 3.8) is 0 Å². The van der Waals surface area contributed by atoms with Gasteiger partial charge in [0.1, 0.15) is 0 Å². The molecule has 1 aliphatic heterocycles. The lowest BCUT2D eigenvalue weighted by Crippen LogP contribution is -2.25. The van der Waals surface area contributed by atoms with Crippen molar-refractivity contribution in [2.75, 3.05) is 13.1 Å². The average molecular weight is 293 g/mol. The van der Waals surface area contributed by atoms with Crippen LogP contribution in [0, 0.1) is 0 Å². The van der Waals surface area contributed by atoms with Crippen LogP contribution in [0.15, 0.2) is 0 Å². The third-order valence-corrected chi connectivity index (χ3v) is 3.33. The fourth-order valence-corrected chi connectivity index (χ4v) is 2.11. The summed E-state index contributed by atoms with van der Waals surface area (Å²) in [4.78, 5) is 10.1. The van der Waals surface area contributed by atoms with Crippen LogP contribution in [0.5, 0.6) is 0 Å². The molecule has 1 saturated heterocycles. The summed E-state index contributed by atoms with van der Waals surface area (Å²) in [5, 5.41) is 18.5. The van der Waals surface area contributed by atoms with E-state index < -0.39 is 5.97 Å². The highest BCUT2D eigenvalue weighted by molar-refractivity contribution is 5.66. The van der Waals surface area contributed by atoms with Gasteiger partial charge in [0.25, 0.3) is 0 Å². The molecule has 1 aliphatic rings. The minimum atomic E-state index is -0.663. The summed E-state index contributed by atoms with van der Waals surface area (Å²) in [6, 6.07) is 0. The van der Waals surface area contributed by atoms with Crippen LogP contribution in [0.3, 0.4) is 0 Å². The highest BCUT2D eigenvalue weighted by Crippen LogP contribution is 2.08. The van der Waals surface area contributed by atoms with Gasteiger partial charge in [-0.25, -0.2) is 0 Å². The first-order chi connectivity index (χ1) is 9.16. The quantitative estimate of drug-likeness (QED) is 0.658. The number of carbonyl (C=O) groups is 1. The number of nitrogens with zero attached hydrogens (tertiary/aromatic N) is 1. The molecule has 1 fully saturated rings. The SMILES string of the molecule is CCCCCCCCCC(=O)O.F.ON1CCCCC1. The molecule has 0 amide bonds. The number of aliphatic carboxylic acids is 1. The van der Waals surface area contributed by atoms with Gasteiger partial charge in [-0.15, -0.1) is 0 Å². The largest absolute Gasteiger partial charge is 0.481 e. The second-order valence-corrected chi connectivity index (χ2v) is 5.28. The fourth-order valence-electron chi connectivity index (χ4n) is 2.11. The number of piperidine rings is 1. The first-order valence-corrected chi connectivity index (χ1v) is 7.82. The Hall–Kier alpha value is -0.680. The zero-order valence-corrected chi connectivity index (χ0v) is 12.9. The molecule has 0 aromatic rings. The average Bonchev–Trinajstić information content (AvgIpc) is 2.39. The van der Waals surface area contributed by atoms with E-state index in [2.05, 4.69) is 6.92 Å². The van der Waals surface area contributed by atoms with Crippen molar-refractivity contribution in [2.45, 2.75) is 77.6 Å². The highest BCUT2D eigenvalue weighted by Gasteiger charge is 2.04. The predicted octanol–water partition coefficient (Wildman–Crippen LogP) is 4.23. The van der Waals surface area contributed by atoms with Crippen molar-refractivity contribution < 1.29 is 19.8 Å². The monoisotopic (exact) mass is 293 g/mol. The van der Waals surface area contributed by atoms with Crippen molar-refractivity contribution in [1.29, 1.82) is 0 Å². The topological polar surface area (TPSA) is 60.8 Å². The number of halogens is 1. The molecule has 0 bridgehead atoms. The zero-order valence-electron chi connectivity index (χ0n) is 12.9. The van der Waals surface area contributed by atoms with Crippen molar-refractivity contribution in [2.24, 2.45) is 0 Å². The second-order valence-electron chi connectivity index (χ2n) is 5.28. The van der Waals surface area contributed by atoms with Crippen LogP contribution >= 0.6 is 0 Å². The van der Waals surface area contributed by atoms with Crippen LogP contribution < -0.4 is 0 Å². The number of carboxylic acids is 1. The van der Waals surface area contributed by atoms with Crippen LogP contribution in [0.4, 0.5) is 4.70 Å². The number of hydrogen-bond donors (Lipinski definition) is 2. The Morgan fingerprint density at radius 3 is 1.85 bits per heavy atom. The van der Waals surface area contributed by atoms with E-state index in [0.717, 1.165) is 38.8 Å². The molecule has 1 rings (SSSR count). The van der Waals surface area contributed by atoms with Crippen LogP contribution in [0.2, 0.25) is 0 Å². The van der Waals surface area contributed by atoms with Gasteiger partial charge in [-0.2, -0.15) is 5.06 Å². The summed E-state index contributed by atoms with van der Waals surface area (Å²) >= 11 is 0. The molecule has 0 saturated carbocycles. The normalized spacial score (nSPS) is 14.9. The summed E-state index contributed by atoms with van der Waals surface area (Å²) in [5.74, 6) is -0.663. The highest BCUT2D eigenvalue weighted by atomic mass is 19.0. The Labute approximate surface area is 122 Å². The van der Waals surface area contributed by atoms with Crippen molar-refractivity contribution >= 4 is 5.97 Å². The molecule has 0 aromatic heterocycles. The molecule has 4 nitrogen and oxygen atoms in total. The first kappa shape index (κ1) is 21.6. The predicted molar refractivity (Wildman–Crippen MR) is 80.0 cm³/mol. The Morgan fingerprint density at radius 1 is 0.950 bits per heavy atom. The van der Waals surface area contributed by atoms with E-state index in [1.165, 1.54) is 43.6 Å². The Balaban J connectivity index is 0. The van der Waals surface area contributed by atoms with E-state index in [-0.39, 0.29) is 4.70 Å². The van der Waals surface area contributed by atoms with Gasteiger partial charge in [-0.3, -0.25) is 9.50 Å². The van der Waals surface area contributed by atoms with Crippen LogP contribution in [-0.4, -0.2) is 34.4 Å². The van der Waals surface area contributed by atoms with Crippen molar-refractivity contribution in [3.8, 4) is 0 Å². The summed E-state index contributed by atoms with van der Waals surface area (Å²) in [6.07, 6.45) is 12.3. The maximum Gasteiger partial charge on any atom is 0.303 e. The summed E-state index contributed by atoms with van der Waals surface area (Å²) in [5.41, 5.74) is 0. The van der Waals surface area contributed by atoms with E-state index in [1.54, 1.807) is 0 Å². The maximum absolute atomic E-state index is 10.1. The molecule has 122 valence electrons. The van der Waals surface area contributed by atoms with Crippen LogP contribution in [-0.2, 0) is 4.79 Å². The molecule has 2 N–H and O–H groups in total. The molecule has 0 atom stereocenters. The molecule has 0 aromatic carbocycles. The third kappa shape index (κ3) is 17.3. The molecular formula is C15H32FNO3. The van der Waals surface area contributed by atoms with E-state index in [0.29, 0.717) is 6.42 Å². The summed E-state index contributed by atoms with van der Waals surface area (Å²) < 4.78 is 0. The van der Waals surface area contributed by atoms with E-state index >= 15 is 0 Å². The number of hydrogen-bond acceptors (Lipinski definition) is 3. The lowest BCUT2D eigenvalue weighted by atomic mass is 10.1. The van der Waals surface area contributed by atoms with E-state index in [1.807, 2.05) is 0 Å². The van der Waals surface area contributed by atoms with Crippen LogP contribution in [0.25, 0.3) is 0 Å². The fraction of sp³-hybridized carbons (Fsp3) is 0.933. The number of carboxylic acid groups (broad SMARTS) is 1. The van der Waals surface area contributed by atoms with Crippen LogP contribution in [0.1, 0.15) is 77.6 Å². The molecule has 1 heterocycles. The summed E-state index contributed by atoms with van der Waals surface area (Å²) in [7, 11) is 0. The lowest BCUT2D eigenvalue weighted by Gasteiger charge is -2.18. The van der Waals surface area contributed by atoms with Gasteiger partial charge in [-0.1, -0.05) is 51.9 Å². The van der Waals surface area contributed by atoms with Gasteiger partial charge in [0, 0.05) is 19.5 Å². The van der Waals surface area contributed by atoms with Gasteiger partial charge < -0.3 is 10.3 Å². The Bertz CT molecular complexity index is 209. The Kier molecular flexibility index (Phi) is 17.7.